The van der Waals surface area contributed by atoms with Crippen LogP contribution in [0.25, 0.3) is 0 Å². The number of likely N-dealkylation sites (N-methyl/N-ethyl adjacent to an activating group) is 1. The summed E-state index contributed by atoms with van der Waals surface area (Å²) in [6, 6.07) is 0. The van der Waals surface area contributed by atoms with Crippen LogP contribution >= 0.6 is 0 Å². The zero-order valence-electron chi connectivity index (χ0n) is 61.8. The second-order valence-corrected chi connectivity index (χ2v) is 29.1. The van der Waals surface area contributed by atoms with E-state index in [1.807, 2.05) is 21.1 Å². The molecular weight excluding hydrogens is 1130 g/mol. The fraction of sp³-hybridized carbons (Fsp3) is 0.915. The first-order chi connectivity index (χ1) is 44.6. The number of aliphatic carboxylic acids is 1. The second kappa shape index (κ2) is 73.6. The lowest BCUT2D eigenvalue weighted by atomic mass is 10.0. The molecule has 0 aliphatic heterocycles. The van der Waals surface area contributed by atoms with Gasteiger partial charge >= 0.3 is 11.9 Å². The van der Waals surface area contributed by atoms with Gasteiger partial charge in [-0.1, -0.05) is 391 Å². The lowest BCUT2D eigenvalue weighted by molar-refractivity contribution is -0.870. The number of carboxylic acids is 1. The number of rotatable bonds is 77. The molecule has 0 saturated heterocycles. The van der Waals surface area contributed by atoms with Crippen LogP contribution in [0.15, 0.2) is 24.3 Å². The molecule has 91 heavy (non-hydrogen) atoms. The number of ether oxygens (including phenoxy) is 4. The number of carboxylic acid groups (broad SMARTS) is 1. The minimum absolute atomic E-state index is 0.152. The summed E-state index contributed by atoms with van der Waals surface area (Å²) < 4.78 is 22.9. The van der Waals surface area contributed by atoms with Gasteiger partial charge in [-0.25, -0.2) is 0 Å². The van der Waals surface area contributed by atoms with Gasteiger partial charge in [0.1, 0.15) is 13.2 Å². The van der Waals surface area contributed by atoms with Crippen LogP contribution in [0.4, 0.5) is 0 Å². The highest BCUT2D eigenvalue weighted by atomic mass is 16.7. The van der Waals surface area contributed by atoms with E-state index in [1.165, 1.54) is 353 Å². The SMILES string of the molecule is CCCCCCC/C=C\C/C=C\CCCCCCCCCCCCCCCCCCCCCCCCCC(=O)OC(COC(=O)CCCCCCCCCCCCCCCCCCCCCCCCCCCCCCCCC)COC(OCC[N+](C)(C)C)C(=O)[O-]. The van der Waals surface area contributed by atoms with E-state index in [9.17, 15) is 19.5 Å². The first-order valence-electron chi connectivity index (χ1n) is 40.5. The number of carbonyl (C=O) groups excluding carboxylic acids is 3. The van der Waals surface area contributed by atoms with Crippen molar-refractivity contribution in [3.05, 3.63) is 24.3 Å². The molecule has 0 aromatic carbocycles. The number of carbonyl (C=O) groups is 3. The number of unbranched alkanes of at least 4 members (excludes halogenated alkanes) is 58. The van der Waals surface area contributed by atoms with Gasteiger partial charge in [0.15, 0.2) is 12.4 Å². The molecule has 538 valence electrons. The lowest BCUT2D eigenvalue weighted by Crippen LogP contribution is -2.44. The Morgan fingerprint density at radius 2 is 0.593 bits per heavy atom. The van der Waals surface area contributed by atoms with Crippen molar-refractivity contribution in [1.29, 1.82) is 0 Å². The van der Waals surface area contributed by atoms with Crippen LogP contribution in [0, 0.1) is 0 Å². The van der Waals surface area contributed by atoms with Gasteiger partial charge in [-0.3, -0.25) is 9.59 Å². The highest BCUT2D eigenvalue weighted by molar-refractivity contribution is 5.70. The van der Waals surface area contributed by atoms with E-state index < -0.39 is 24.3 Å². The maximum absolute atomic E-state index is 13.0. The van der Waals surface area contributed by atoms with Crippen LogP contribution in [0.2, 0.25) is 0 Å². The van der Waals surface area contributed by atoms with E-state index in [-0.39, 0.29) is 32.2 Å². The summed E-state index contributed by atoms with van der Waals surface area (Å²) in [4.78, 5) is 37.6. The maximum atomic E-state index is 13.0. The van der Waals surface area contributed by atoms with E-state index in [1.54, 1.807) is 0 Å². The van der Waals surface area contributed by atoms with Crippen molar-refractivity contribution in [2.75, 3.05) is 47.5 Å². The molecular formula is C82H157NO8. The monoisotopic (exact) mass is 1280 g/mol. The lowest BCUT2D eigenvalue weighted by Gasteiger charge is -2.26. The maximum Gasteiger partial charge on any atom is 0.306 e. The van der Waals surface area contributed by atoms with E-state index in [2.05, 4.69) is 38.2 Å². The van der Waals surface area contributed by atoms with Gasteiger partial charge in [0.05, 0.1) is 40.3 Å². The van der Waals surface area contributed by atoms with Crippen molar-refractivity contribution in [1.82, 2.24) is 0 Å². The summed E-state index contributed by atoms with van der Waals surface area (Å²) >= 11 is 0. The third kappa shape index (κ3) is 75.0. The van der Waals surface area contributed by atoms with Gasteiger partial charge in [0.2, 0.25) is 0 Å². The van der Waals surface area contributed by atoms with Crippen molar-refractivity contribution < 1.29 is 42.9 Å². The van der Waals surface area contributed by atoms with Crippen LogP contribution in [0.1, 0.15) is 425 Å². The summed E-state index contributed by atoms with van der Waals surface area (Å²) in [7, 11) is 5.96. The molecule has 2 atom stereocenters. The quantitative estimate of drug-likeness (QED) is 0.0195. The Morgan fingerprint density at radius 3 is 0.868 bits per heavy atom. The average molecular weight is 1290 g/mol. The Bertz CT molecular complexity index is 1540. The Kier molecular flexibility index (Phi) is 71.8. The fourth-order valence-corrected chi connectivity index (χ4v) is 12.5. The first-order valence-corrected chi connectivity index (χ1v) is 40.5. The highest BCUT2D eigenvalue weighted by Gasteiger charge is 2.22. The van der Waals surface area contributed by atoms with Crippen molar-refractivity contribution in [2.24, 2.45) is 0 Å². The number of quaternary nitrogens is 1. The molecule has 0 N–H and O–H groups in total. The van der Waals surface area contributed by atoms with Crippen molar-refractivity contribution in [2.45, 2.75) is 437 Å². The molecule has 0 bridgehead atoms. The minimum Gasteiger partial charge on any atom is -0.545 e. The van der Waals surface area contributed by atoms with Crippen LogP contribution in [-0.2, 0) is 33.3 Å². The summed E-state index contributed by atoms with van der Waals surface area (Å²) in [6.07, 6.45) is 90.3. The summed E-state index contributed by atoms with van der Waals surface area (Å²) in [5, 5.41) is 11.9. The van der Waals surface area contributed by atoms with Crippen LogP contribution in [0.5, 0.6) is 0 Å². The third-order valence-electron chi connectivity index (χ3n) is 18.7. The topological polar surface area (TPSA) is 111 Å². The van der Waals surface area contributed by atoms with Crippen molar-refractivity contribution >= 4 is 17.9 Å². The number of hydrogen-bond acceptors (Lipinski definition) is 8. The smallest absolute Gasteiger partial charge is 0.306 e. The molecule has 9 heteroatoms. The molecule has 0 saturated carbocycles. The molecule has 0 radical (unpaired) electrons. The highest BCUT2D eigenvalue weighted by Crippen LogP contribution is 2.20. The van der Waals surface area contributed by atoms with E-state index >= 15 is 0 Å². The number of esters is 2. The summed E-state index contributed by atoms with van der Waals surface area (Å²) in [5.74, 6) is -2.24. The fourth-order valence-electron chi connectivity index (χ4n) is 12.5. The van der Waals surface area contributed by atoms with Gasteiger partial charge in [0, 0.05) is 12.8 Å². The first kappa shape index (κ1) is 88.8. The second-order valence-electron chi connectivity index (χ2n) is 29.1. The largest absolute Gasteiger partial charge is 0.545 e. The van der Waals surface area contributed by atoms with Gasteiger partial charge in [-0.05, 0) is 44.9 Å². The molecule has 0 aliphatic rings. The number of allylic oxidation sites excluding steroid dienone is 4. The summed E-state index contributed by atoms with van der Waals surface area (Å²) in [5.41, 5.74) is 0. The average Bonchev–Trinajstić information content (AvgIpc) is 3.46. The van der Waals surface area contributed by atoms with E-state index in [0.717, 1.165) is 44.9 Å². The molecule has 0 aromatic rings. The number of nitrogens with zero attached hydrogens (tertiary/aromatic N) is 1. The third-order valence-corrected chi connectivity index (χ3v) is 18.7. The molecule has 0 aromatic heterocycles. The molecule has 0 heterocycles. The Hall–Kier alpha value is -2.23. The zero-order valence-corrected chi connectivity index (χ0v) is 61.8. The zero-order chi connectivity index (χ0) is 66.1. The molecule has 0 spiro atoms. The normalized spacial score (nSPS) is 12.7. The van der Waals surface area contributed by atoms with E-state index in [4.69, 9.17) is 18.9 Å². The predicted molar refractivity (Wildman–Crippen MR) is 390 cm³/mol. The van der Waals surface area contributed by atoms with Gasteiger partial charge in [-0.15, -0.1) is 0 Å². The van der Waals surface area contributed by atoms with Gasteiger partial charge < -0.3 is 33.3 Å². The van der Waals surface area contributed by atoms with Crippen LogP contribution < -0.4 is 5.11 Å². The predicted octanol–water partition coefficient (Wildman–Crippen LogP) is 24.4. The molecule has 9 nitrogen and oxygen atoms in total. The van der Waals surface area contributed by atoms with Crippen LogP contribution in [-0.4, -0.2) is 82.3 Å². The number of hydrogen-bond donors (Lipinski definition) is 0. The van der Waals surface area contributed by atoms with Crippen molar-refractivity contribution in [3.63, 3.8) is 0 Å². The summed E-state index contributed by atoms with van der Waals surface area (Å²) in [6.45, 7) is 4.83. The van der Waals surface area contributed by atoms with Crippen molar-refractivity contribution in [3.8, 4) is 0 Å². The van der Waals surface area contributed by atoms with Crippen LogP contribution in [0.3, 0.4) is 0 Å². The molecule has 0 amide bonds. The molecule has 2 unspecified atom stereocenters. The Labute approximate surface area is 567 Å². The minimum atomic E-state index is -1.62. The van der Waals surface area contributed by atoms with Gasteiger partial charge in [0.25, 0.3) is 0 Å². The van der Waals surface area contributed by atoms with Gasteiger partial charge in [-0.2, -0.15) is 0 Å². The Balaban J connectivity index is 3.96. The molecule has 0 rings (SSSR count). The van der Waals surface area contributed by atoms with E-state index in [0.29, 0.717) is 17.4 Å². The Morgan fingerprint density at radius 1 is 0.330 bits per heavy atom. The standard InChI is InChI=1S/C82H157NO8/c1-6-8-10-12-14-16-18-20-22-24-26-28-30-32-34-36-38-39-40-41-43-45-47-49-51-53-55-57-59-61-63-65-67-69-71-73-80(85)91-78(77-90-82(81(86)87)88-75-74-83(3,4)5)76-89-79(84)72-70-68-66-64-62-60-58-56-54-52-50-48-46-44-42-37-35-33-31-29-27-25-23-21-19-17-15-13-11-9-7-2/h18,20,24,26,78,82H,6-17,19,21-23,25,27-77H2,1-5H3/b20-18-,26-24-. The molecule has 0 fully saturated rings. The molecule has 0 aliphatic carbocycles.